The van der Waals surface area contributed by atoms with E-state index in [4.69, 9.17) is 11.6 Å². The molecule has 0 bridgehead atoms. The molecule has 3 aromatic heterocycles. The maximum absolute atomic E-state index is 14.5. The Morgan fingerprint density at radius 2 is 2.16 bits per heavy atom. The summed E-state index contributed by atoms with van der Waals surface area (Å²) in [5.41, 5.74) is -0.157. The number of nitrogens with one attached hydrogen (secondary N) is 1. The maximum Gasteiger partial charge on any atom is 0.274 e. The molecule has 3 heterocycles. The highest BCUT2D eigenvalue weighted by molar-refractivity contribution is 6.30. The number of amides is 1. The Morgan fingerprint density at radius 1 is 1.40 bits per heavy atom. The molecule has 0 aliphatic heterocycles. The standard InChI is InChI=1S/C17H19ClFN5O/c1-17(2,3)12(9-23-7-6-20-10-23)21-16(25)14-15(19)24-8-11(18)4-5-13(24)22-14/h4-8,10,12H,9H2,1-3H3,(H,21,25)/t12-/m1/s1. The van der Waals surface area contributed by atoms with Crippen LogP contribution in [-0.4, -0.2) is 30.9 Å². The number of aromatic nitrogens is 4. The normalized spacial score (nSPS) is 13.2. The number of halogens is 2. The van der Waals surface area contributed by atoms with Gasteiger partial charge in [0.2, 0.25) is 5.95 Å². The van der Waals surface area contributed by atoms with Crippen LogP contribution >= 0.6 is 11.6 Å². The molecule has 0 spiro atoms. The van der Waals surface area contributed by atoms with Crippen molar-refractivity contribution in [3.8, 4) is 0 Å². The van der Waals surface area contributed by atoms with Crippen molar-refractivity contribution in [1.82, 2.24) is 24.3 Å². The molecule has 132 valence electrons. The van der Waals surface area contributed by atoms with Crippen LogP contribution in [0.5, 0.6) is 0 Å². The molecular weight excluding hydrogens is 345 g/mol. The van der Waals surface area contributed by atoms with E-state index in [2.05, 4.69) is 15.3 Å². The molecular formula is C17H19ClFN5O. The van der Waals surface area contributed by atoms with Gasteiger partial charge in [-0.3, -0.25) is 9.20 Å². The summed E-state index contributed by atoms with van der Waals surface area (Å²) in [5.74, 6) is -1.29. The molecule has 25 heavy (non-hydrogen) atoms. The number of hydrogen-bond acceptors (Lipinski definition) is 3. The average molecular weight is 364 g/mol. The number of carbonyl (C=O) groups excluding carboxylic acids is 1. The fourth-order valence-corrected chi connectivity index (χ4v) is 2.66. The van der Waals surface area contributed by atoms with Gasteiger partial charge in [0.05, 0.1) is 17.4 Å². The SMILES string of the molecule is CC(C)(C)[C@@H](Cn1ccnc1)NC(=O)c1nc2ccc(Cl)cn2c1F. The minimum absolute atomic E-state index is 0.234. The first-order chi connectivity index (χ1) is 11.8. The lowest BCUT2D eigenvalue weighted by molar-refractivity contribution is 0.0883. The minimum Gasteiger partial charge on any atom is -0.345 e. The Morgan fingerprint density at radius 3 is 2.80 bits per heavy atom. The van der Waals surface area contributed by atoms with E-state index in [-0.39, 0.29) is 17.2 Å². The first kappa shape index (κ1) is 17.4. The lowest BCUT2D eigenvalue weighted by atomic mass is 9.86. The molecule has 1 N–H and O–H groups in total. The molecule has 1 amide bonds. The van der Waals surface area contributed by atoms with Crippen LogP contribution in [0.15, 0.2) is 37.1 Å². The Labute approximate surface area is 149 Å². The minimum atomic E-state index is -0.731. The van der Waals surface area contributed by atoms with Gasteiger partial charge < -0.3 is 9.88 Å². The van der Waals surface area contributed by atoms with Gasteiger partial charge in [0.1, 0.15) is 5.65 Å². The van der Waals surface area contributed by atoms with Crippen molar-refractivity contribution in [3.05, 3.63) is 53.7 Å². The van der Waals surface area contributed by atoms with E-state index in [9.17, 15) is 9.18 Å². The van der Waals surface area contributed by atoms with E-state index in [1.54, 1.807) is 24.7 Å². The van der Waals surface area contributed by atoms with Crippen molar-refractivity contribution in [2.75, 3.05) is 0 Å². The number of rotatable bonds is 4. The van der Waals surface area contributed by atoms with E-state index < -0.39 is 11.9 Å². The van der Waals surface area contributed by atoms with Crippen LogP contribution in [0.3, 0.4) is 0 Å². The molecule has 6 nitrogen and oxygen atoms in total. The molecule has 0 radical (unpaired) electrons. The number of hydrogen-bond donors (Lipinski definition) is 1. The highest BCUT2D eigenvalue weighted by Gasteiger charge is 2.29. The molecule has 0 aromatic carbocycles. The van der Waals surface area contributed by atoms with E-state index in [1.165, 1.54) is 10.6 Å². The third-order valence-corrected chi connectivity index (χ3v) is 4.27. The molecule has 8 heteroatoms. The topological polar surface area (TPSA) is 64.2 Å². The molecule has 0 fully saturated rings. The van der Waals surface area contributed by atoms with Gasteiger partial charge in [-0.05, 0) is 17.5 Å². The predicted molar refractivity (Wildman–Crippen MR) is 93.1 cm³/mol. The van der Waals surface area contributed by atoms with E-state index in [0.717, 1.165) is 0 Å². The number of carbonyl (C=O) groups is 1. The number of pyridine rings is 1. The first-order valence-corrected chi connectivity index (χ1v) is 8.23. The van der Waals surface area contributed by atoms with Gasteiger partial charge >= 0.3 is 0 Å². The maximum atomic E-state index is 14.5. The van der Waals surface area contributed by atoms with Crippen LogP contribution in [0.1, 0.15) is 31.3 Å². The first-order valence-electron chi connectivity index (χ1n) is 7.85. The zero-order valence-corrected chi connectivity index (χ0v) is 15.0. The van der Waals surface area contributed by atoms with Crippen LogP contribution in [0, 0.1) is 11.4 Å². The summed E-state index contributed by atoms with van der Waals surface area (Å²) in [6.45, 7) is 6.55. The summed E-state index contributed by atoms with van der Waals surface area (Å²) in [5, 5.41) is 3.26. The van der Waals surface area contributed by atoms with Crippen molar-refractivity contribution in [2.24, 2.45) is 5.41 Å². The molecule has 0 aliphatic carbocycles. The molecule has 3 aromatic rings. The van der Waals surface area contributed by atoms with Crippen LogP contribution < -0.4 is 5.32 Å². The van der Waals surface area contributed by atoms with Crippen LogP contribution in [0.25, 0.3) is 5.65 Å². The van der Waals surface area contributed by atoms with E-state index in [0.29, 0.717) is 17.2 Å². The van der Waals surface area contributed by atoms with Crippen molar-refractivity contribution >= 4 is 23.2 Å². The second kappa shape index (κ2) is 6.48. The van der Waals surface area contributed by atoms with Crippen molar-refractivity contribution < 1.29 is 9.18 Å². The van der Waals surface area contributed by atoms with Gasteiger partial charge in [0, 0.05) is 25.1 Å². The Kier molecular flexibility index (Phi) is 4.51. The summed E-state index contributed by atoms with van der Waals surface area (Å²) in [7, 11) is 0. The van der Waals surface area contributed by atoms with Gasteiger partial charge in [0.15, 0.2) is 5.69 Å². The van der Waals surface area contributed by atoms with Crippen LogP contribution in [0.2, 0.25) is 5.02 Å². The third-order valence-electron chi connectivity index (χ3n) is 4.04. The van der Waals surface area contributed by atoms with Crippen molar-refractivity contribution in [2.45, 2.75) is 33.4 Å². The quantitative estimate of drug-likeness (QED) is 0.774. The fraction of sp³-hybridized carbons (Fsp3) is 0.353. The molecule has 0 saturated carbocycles. The van der Waals surface area contributed by atoms with Gasteiger partial charge in [-0.25, -0.2) is 9.97 Å². The Balaban J connectivity index is 1.87. The lowest BCUT2D eigenvalue weighted by Gasteiger charge is -2.31. The smallest absolute Gasteiger partial charge is 0.274 e. The highest BCUT2D eigenvalue weighted by Crippen LogP contribution is 2.22. The zero-order chi connectivity index (χ0) is 18.2. The largest absolute Gasteiger partial charge is 0.345 e. The molecule has 1 atom stereocenters. The summed E-state index contributed by atoms with van der Waals surface area (Å²) in [6.07, 6.45) is 6.56. The number of fused-ring (bicyclic) bond motifs is 1. The van der Waals surface area contributed by atoms with E-state index in [1.807, 2.05) is 31.5 Å². The summed E-state index contributed by atoms with van der Waals surface area (Å²) in [4.78, 5) is 20.7. The van der Waals surface area contributed by atoms with Gasteiger partial charge in [-0.2, -0.15) is 4.39 Å². The van der Waals surface area contributed by atoms with Gasteiger partial charge in [-0.1, -0.05) is 32.4 Å². The Hall–Kier alpha value is -2.41. The van der Waals surface area contributed by atoms with Gasteiger partial charge in [0.25, 0.3) is 5.91 Å². The highest BCUT2D eigenvalue weighted by atomic mass is 35.5. The van der Waals surface area contributed by atoms with Crippen LogP contribution in [0.4, 0.5) is 4.39 Å². The van der Waals surface area contributed by atoms with Crippen LogP contribution in [-0.2, 0) is 6.54 Å². The molecule has 0 unspecified atom stereocenters. The monoisotopic (exact) mass is 363 g/mol. The summed E-state index contributed by atoms with van der Waals surface area (Å²) < 4.78 is 17.6. The fourth-order valence-electron chi connectivity index (χ4n) is 2.50. The number of nitrogens with zero attached hydrogens (tertiary/aromatic N) is 4. The third kappa shape index (κ3) is 3.66. The van der Waals surface area contributed by atoms with E-state index >= 15 is 0 Å². The predicted octanol–water partition coefficient (Wildman–Crippen LogP) is 3.17. The second-order valence-electron chi connectivity index (χ2n) is 6.98. The molecule has 3 rings (SSSR count). The molecule has 0 saturated heterocycles. The summed E-state index contributed by atoms with van der Waals surface area (Å²) in [6, 6.07) is 2.93. The summed E-state index contributed by atoms with van der Waals surface area (Å²) >= 11 is 5.88. The van der Waals surface area contributed by atoms with Gasteiger partial charge in [-0.15, -0.1) is 0 Å². The number of imidazole rings is 2. The zero-order valence-electron chi connectivity index (χ0n) is 14.2. The second-order valence-corrected chi connectivity index (χ2v) is 7.41. The average Bonchev–Trinajstić information content (AvgIpc) is 3.14. The molecule has 0 aliphatic rings. The Bertz CT molecular complexity index is 898. The lowest BCUT2D eigenvalue weighted by Crippen LogP contribution is -2.46. The van der Waals surface area contributed by atoms with Crippen molar-refractivity contribution in [3.63, 3.8) is 0 Å². The van der Waals surface area contributed by atoms with Crippen molar-refractivity contribution in [1.29, 1.82) is 0 Å².